The minimum Gasteiger partial charge on any atom is -0.444 e. The van der Waals surface area contributed by atoms with E-state index in [-0.39, 0.29) is 32.1 Å². The fourth-order valence-corrected chi connectivity index (χ4v) is 2.08. The molecule has 2 amide bonds. The van der Waals surface area contributed by atoms with Crippen molar-refractivity contribution in [2.75, 3.05) is 19.7 Å². The molecule has 0 radical (unpaired) electrons. The number of rotatable bonds is 10. The quantitative estimate of drug-likeness (QED) is 0.643. The molecule has 3 N–H and O–H groups in total. The summed E-state index contributed by atoms with van der Waals surface area (Å²) in [6, 6.07) is 9.29. The average molecular weight is 322 g/mol. The van der Waals surface area contributed by atoms with Crippen LogP contribution in [-0.4, -0.2) is 41.7 Å². The number of benzene rings is 1. The predicted octanol–water partition coefficient (Wildman–Crippen LogP) is 2.05. The first kappa shape index (κ1) is 19.1. The van der Waals surface area contributed by atoms with E-state index in [0.717, 1.165) is 23.3 Å². The summed E-state index contributed by atoms with van der Waals surface area (Å²) >= 11 is 0. The second-order valence-corrected chi connectivity index (χ2v) is 5.26. The number of nitrogens with two attached hydrogens (primary N) is 1. The highest BCUT2D eigenvalue weighted by Gasteiger charge is 2.22. The van der Waals surface area contributed by atoms with Gasteiger partial charge in [-0.15, -0.1) is 0 Å². The first-order valence-electron chi connectivity index (χ1n) is 8.01. The van der Waals surface area contributed by atoms with Crippen molar-refractivity contribution in [3.05, 3.63) is 35.9 Å². The molecule has 0 aliphatic rings. The Morgan fingerprint density at radius 2 is 1.83 bits per heavy atom. The molecule has 23 heavy (non-hydrogen) atoms. The maximum Gasteiger partial charge on any atom is 0.416 e. The van der Waals surface area contributed by atoms with Crippen LogP contribution in [0.1, 0.15) is 37.7 Å². The van der Waals surface area contributed by atoms with Gasteiger partial charge in [-0.05, 0) is 31.4 Å². The van der Waals surface area contributed by atoms with Gasteiger partial charge in [-0.2, -0.15) is 0 Å². The van der Waals surface area contributed by atoms with Crippen molar-refractivity contribution in [2.45, 2.75) is 38.7 Å². The zero-order chi connectivity index (χ0) is 16.9. The summed E-state index contributed by atoms with van der Waals surface area (Å²) < 4.78 is 5.20. The van der Waals surface area contributed by atoms with E-state index in [1.165, 1.54) is 0 Å². The molecule has 0 fully saturated rings. The van der Waals surface area contributed by atoms with E-state index in [4.69, 9.17) is 15.6 Å². The number of carbonyl (C=O) groups is 2. The Labute approximate surface area is 137 Å². The summed E-state index contributed by atoms with van der Waals surface area (Å²) in [4.78, 5) is 25.4. The van der Waals surface area contributed by atoms with Gasteiger partial charge >= 0.3 is 6.09 Å². The topological polar surface area (TPSA) is 92.9 Å². The molecule has 0 aliphatic heterocycles. The van der Waals surface area contributed by atoms with E-state index in [1.807, 2.05) is 30.3 Å². The molecule has 0 aliphatic carbocycles. The second-order valence-electron chi connectivity index (χ2n) is 5.26. The number of ether oxygens (including phenoxy) is 1. The van der Waals surface area contributed by atoms with Crippen molar-refractivity contribution in [3.63, 3.8) is 0 Å². The molecule has 0 atom stereocenters. The van der Waals surface area contributed by atoms with E-state index in [0.29, 0.717) is 19.4 Å². The summed E-state index contributed by atoms with van der Waals surface area (Å²) in [5.41, 5.74) is 6.28. The van der Waals surface area contributed by atoms with Crippen LogP contribution in [0.2, 0.25) is 0 Å². The van der Waals surface area contributed by atoms with Gasteiger partial charge in [-0.25, -0.2) is 9.69 Å². The maximum atomic E-state index is 12.2. The van der Waals surface area contributed by atoms with E-state index in [1.54, 1.807) is 0 Å². The molecule has 6 nitrogen and oxygen atoms in total. The van der Waals surface area contributed by atoms with Crippen LogP contribution < -0.4 is 5.73 Å². The van der Waals surface area contributed by atoms with Gasteiger partial charge in [-0.3, -0.25) is 4.79 Å². The molecule has 1 aromatic carbocycles. The van der Waals surface area contributed by atoms with E-state index < -0.39 is 6.09 Å². The van der Waals surface area contributed by atoms with Crippen molar-refractivity contribution >= 4 is 12.0 Å². The Bertz CT molecular complexity index is 465. The van der Waals surface area contributed by atoms with Gasteiger partial charge in [0.15, 0.2) is 0 Å². The number of unbranched alkanes of at least 4 members (excludes halogenated alkanes) is 2. The normalized spacial score (nSPS) is 10.3. The molecule has 1 rings (SSSR count). The summed E-state index contributed by atoms with van der Waals surface area (Å²) in [6.45, 7) is 0.806. The first-order chi connectivity index (χ1) is 11.2. The summed E-state index contributed by atoms with van der Waals surface area (Å²) in [6.07, 6.45) is 2.38. The molecule has 0 aromatic heterocycles. The number of carbonyl (C=O) groups excluding carboxylic acids is 2. The van der Waals surface area contributed by atoms with Crippen molar-refractivity contribution < 1.29 is 19.4 Å². The highest BCUT2D eigenvalue weighted by atomic mass is 16.6. The van der Waals surface area contributed by atoms with Crippen LogP contribution in [-0.2, 0) is 16.1 Å². The third kappa shape index (κ3) is 7.76. The van der Waals surface area contributed by atoms with Gasteiger partial charge in [0.1, 0.15) is 6.61 Å². The molecule has 0 spiro atoms. The van der Waals surface area contributed by atoms with E-state index >= 15 is 0 Å². The standard InChI is InChI=1S/C17H26N2O4/c18-11-6-2-5-10-16(21)19(12-7-13-20)17(22)23-14-15-8-3-1-4-9-15/h1,3-4,8-9,20H,2,5-7,10-14,18H2. The molecule has 6 heteroatoms. The zero-order valence-electron chi connectivity index (χ0n) is 13.4. The lowest BCUT2D eigenvalue weighted by Gasteiger charge is -2.20. The number of nitrogens with zero attached hydrogens (tertiary/aromatic N) is 1. The van der Waals surface area contributed by atoms with Crippen molar-refractivity contribution in [1.82, 2.24) is 4.90 Å². The van der Waals surface area contributed by atoms with Crippen LogP contribution in [0, 0.1) is 0 Å². The van der Waals surface area contributed by atoms with Gasteiger partial charge in [0, 0.05) is 19.6 Å². The summed E-state index contributed by atoms with van der Waals surface area (Å²) in [7, 11) is 0. The fourth-order valence-electron chi connectivity index (χ4n) is 2.08. The third-order valence-corrected chi connectivity index (χ3v) is 3.36. The number of imide groups is 1. The van der Waals surface area contributed by atoms with Crippen LogP contribution in [0.3, 0.4) is 0 Å². The van der Waals surface area contributed by atoms with Crippen LogP contribution >= 0.6 is 0 Å². The summed E-state index contributed by atoms with van der Waals surface area (Å²) in [5.74, 6) is -0.270. The highest BCUT2D eigenvalue weighted by Crippen LogP contribution is 2.08. The third-order valence-electron chi connectivity index (χ3n) is 3.36. The molecule has 0 saturated heterocycles. The first-order valence-corrected chi connectivity index (χ1v) is 8.01. The van der Waals surface area contributed by atoms with E-state index in [9.17, 15) is 9.59 Å². The Hall–Kier alpha value is -1.92. The Morgan fingerprint density at radius 3 is 2.48 bits per heavy atom. The minimum absolute atomic E-state index is 0.0804. The van der Waals surface area contributed by atoms with Gasteiger partial charge in [0.05, 0.1) is 0 Å². The SMILES string of the molecule is NCCCCCC(=O)N(CCCO)C(=O)OCc1ccccc1. The second kappa shape index (κ2) is 11.6. The van der Waals surface area contributed by atoms with Gasteiger partial charge in [0.2, 0.25) is 5.91 Å². The molecular weight excluding hydrogens is 296 g/mol. The van der Waals surface area contributed by atoms with Gasteiger partial charge < -0.3 is 15.6 Å². The largest absolute Gasteiger partial charge is 0.444 e. The lowest BCUT2D eigenvalue weighted by Crippen LogP contribution is -2.38. The molecular formula is C17H26N2O4. The van der Waals surface area contributed by atoms with Crippen LogP contribution in [0.15, 0.2) is 30.3 Å². The minimum atomic E-state index is -0.661. The van der Waals surface area contributed by atoms with Crippen LogP contribution in [0.25, 0.3) is 0 Å². The number of amides is 2. The molecule has 0 saturated carbocycles. The number of aliphatic hydroxyl groups is 1. The molecule has 0 heterocycles. The number of hydrogen-bond donors (Lipinski definition) is 2. The molecule has 1 aromatic rings. The van der Waals surface area contributed by atoms with Gasteiger partial charge in [0.25, 0.3) is 0 Å². The van der Waals surface area contributed by atoms with Crippen molar-refractivity contribution in [2.24, 2.45) is 5.73 Å². The van der Waals surface area contributed by atoms with E-state index in [2.05, 4.69) is 0 Å². The van der Waals surface area contributed by atoms with Gasteiger partial charge in [-0.1, -0.05) is 36.8 Å². The van der Waals surface area contributed by atoms with Crippen LogP contribution in [0.4, 0.5) is 4.79 Å². The smallest absolute Gasteiger partial charge is 0.416 e. The number of hydrogen-bond acceptors (Lipinski definition) is 5. The lowest BCUT2D eigenvalue weighted by atomic mass is 10.2. The Balaban J connectivity index is 2.50. The molecule has 0 bridgehead atoms. The number of aliphatic hydroxyl groups excluding tert-OH is 1. The average Bonchev–Trinajstić information content (AvgIpc) is 2.58. The van der Waals surface area contributed by atoms with Crippen molar-refractivity contribution in [1.29, 1.82) is 0 Å². The zero-order valence-corrected chi connectivity index (χ0v) is 13.4. The van der Waals surface area contributed by atoms with Crippen molar-refractivity contribution in [3.8, 4) is 0 Å². The Kier molecular flexibility index (Phi) is 9.66. The maximum absolute atomic E-state index is 12.2. The highest BCUT2D eigenvalue weighted by molar-refractivity contribution is 5.91. The Morgan fingerprint density at radius 1 is 1.09 bits per heavy atom. The lowest BCUT2D eigenvalue weighted by molar-refractivity contribution is -0.129. The molecule has 128 valence electrons. The predicted molar refractivity (Wildman–Crippen MR) is 87.6 cm³/mol. The monoisotopic (exact) mass is 322 g/mol. The fraction of sp³-hybridized carbons (Fsp3) is 0.529. The molecule has 0 unspecified atom stereocenters. The summed E-state index contributed by atoms with van der Waals surface area (Å²) in [5, 5.41) is 8.93. The van der Waals surface area contributed by atoms with Crippen LogP contribution in [0.5, 0.6) is 0 Å².